The second-order valence-electron chi connectivity index (χ2n) is 7.88. The van der Waals surface area contributed by atoms with E-state index in [9.17, 15) is 15.8 Å². The van der Waals surface area contributed by atoms with Crippen LogP contribution < -0.4 is 0 Å². The maximum atomic E-state index is 10.3. The molecular formula is C24H20N4O2. The molecule has 30 heavy (non-hydrogen) atoms. The first-order valence-electron chi connectivity index (χ1n) is 9.73. The van der Waals surface area contributed by atoms with Gasteiger partial charge in [0, 0.05) is 11.5 Å². The zero-order valence-electron chi connectivity index (χ0n) is 16.7. The van der Waals surface area contributed by atoms with E-state index in [4.69, 9.17) is 14.9 Å². The van der Waals surface area contributed by atoms with Crippen molar-refractivity contribution in [1.82, 2.24) is 0 Å². The Morgan fingerprint density at radius 3 is 2.03 bits per heavy atom. The topological polar surface area (TPSA) is 114 Å². The number of nitrogens with zero attached hydrogens (tertiary/aromatic N) is 3. The van der Waals surface area contributed by atoms with E-state index in [1.54, 1.807) is 6.92 Å². The van der Waals surface area contributed by atoms with Gasteiger partial charge in [0.15, 0.2) is 10.8 Å². The smallest absolute Gasteiger partial charge is 0.243 e. The number of nitrogens with one attached hydrogen (secondary N) is 1. The molecule has 6 nitrogen and oxygen atoms in total. The Labute approximate surface area is 175 Å². The highest BCUT2D eigenvalue weighted by Crippen LogP contribution is 2.66. The second kappa shape index (κ2) is 6.70. The summed E-state index contributed by atoms with van der Waals surface area (Å²) in [5.74, 6) is -2.97. The third kappa shape index (κ3) is 2.16. The average molecular weight is 396 g/mol. The summed E-state index contributed by atoms with van der Waals surface area (Å²) in [4.78, 5) is 0. The Hall–Kier alpha value is -3.66. The molecular weight excluding hydrogens is 376 g/mol. The lowest BCUT2D eigenvalue weighted by atomic mass is 9.52. The highest BCUT2D eigenvalue weighted by Gasteiger charge is 2.80. The first-order valence-corrected chi connectivity index (χ1v) is 9.73. The summed E-state index contributed by atoms with van der Waals surface area (Å²) in [6.45, 7) is 3.58. The summed E-state index contributed by atoms with van der Waals surface area (Å²) in [6.07, 6.45) is -0.992. The van der Waals surface area contributed by atoms with Crippen LogP contribution >= 0.6 is 0 Å². The van der Waals surface area contributed by atoms with Crippen molar-refractivity contribution in [1.29, 1.82) is 21.2 Å². The normalized spacial score (nSPS) is 32.2. The van der Waals surface area contributed by atoms with E-state index in [-0.39, 0.29) is 0 Å². The number of benzene rings is 2. The van der Waals surface area contributed by atoms with Gasteiger partial charge in [0.2, 0.25) is 11.7 Å². The fourth-order valence-corrected chi connectivity index (χ4v) is 4.97. The van der Waals surface area contributed by atoms with E-state index in [0.717, 1.165) is 5.56 Å². The van der Waals surface area contributed by atoms with Crippen LogP contribution in [0.4, 0.5) is 0 Å². The maximum absolute atomic E-state index is 10.3. The number of nitriles is 3. The lowest BCUT2D eigenvalue weighted by Gasteiger charge is -2.50. The zero-order chi connectivity index (χ0) is 21.6. The van der Waals surface area contributed by atoms with Crippen LogP contribution in [0.5, 0.6) is 0 Å². The predicted molar refractivity (Wildman–Crippen MR) is 108 cm³/mol. The van der Waals surface area contributed by atoms with Crippen LogP contribution in [0.15, 0.2) is 60.7 Å². The molecule has 5 atom stereocenters. The van der Waals surface area contributed by atoms with Crippen LogP contribution in [0.3, 0.4) is 0 Å². The Kier molecular flexibility index (Phi) is 4.39. The van der Waals surface area contributed by atoms with Gasteiger partial charge < -0.3 is 9.47 Å². The fraction of sp³-hybridized carbons (Fsp3) is 0.333. The Morgan fingerprint density at radius 2 is 1.50 bits per heavy atom. The third-order valence-electron chi connectivity index (χ3n) is 6.67. The van der Waals surface area contributed by atoms with Crippen LogP contribution in [0.25, 0.3) is 0 Å². The van der Waals surface area contributed by atoms with Crippen molar-refractivity contribution in [2.24, 2.45) is 16.7 Å². The van der Waals surface area contributed by atoms with Gasteiger partial charge in [-0.3, -0.25) is 5.41 Å². The molecule has 0 spiro atoms. The van der Waals surface area contributed by atoms with E-state index >= 15 is 0 Å². The zero-order valence-corrected chi connectivity index (χ0v) is 16.7. The summed E-state index contributed by atoms with van der Waals surface area (Å²) in [7, 11) is 0. The van der Waals surface area contributed by atoms with E-state index < -0.39 is 40.5 Å². The van der Waals surface area contributed by atoms with Gasteiger partial charge in [0.05, 0.1) is 24.1 Å². The van der Waals surface area contributed by atoms with Gasteiger partial charge in [0.25, 0.3) is 0 Å². The molecule has 0 radical (unpaired) electrons. The molecule has 2 fully saturated rings. The molecule has 5 unspecified atom stereocenters. The molecule has 148 valence electrons. The van der Waals surface area contributed by atoms with Crippen LogP contribution in [0.2, 0.25) is 0 Å². The van der Waals surface area contributed by atoms with Gasteiger partial charge in [-0.15, -0.1) is 0 Å². The Morgan fingerprint density at radius 1 is 0.933 bits per heavy atom. The SMILES string of the molecule is CC(c1ccccc1)C1OC2(c3ccccc3)OC(=N)C(C#N)(C2C)C1(C#N)C#N. The van der Waals surface area contributed by atoms with E-state index in [1.807, 2.05) is 67.6 Å². The van der Waals surface area contributed by atoms with Crippen LogP contribution in [0.1, 0.15) is 30.9 Å². The summed E-state index contributed by atoms with van der Waals surface area (Å²) < 4.78 is 12.5. The Bertz CT molecular complexity index is 1100. The number of hydrogen-bond donors (Lipinski definition) is 1. The average Bonchev–Trinajstić information content (AvgIpc) is 2.96. The van der Waals surface area contributed by atoms with Crippen LogP contribution in [-0.4, -0.2) is 12.0 Å². The molecule has 2 aliphatic heterocycles. The van der Waals surface area contributed by atoms with Crippen molar-refractivity contribution in [2.75, 3.05) is 0 Å². The molecule has 2 heterocycles. The number of ether oxygens (including phenoxy) is 2. The monoisotopic (exact) mass is 396 g/mol. The van der Waals surface area contributed by atoms with E-state index in [2.05, 4.69) is 18.2 Å². The molecule has 2 bridgehead atoms. The molecule has 0 saturated carbocycles. The minimum absolute atomic E-state index is 0.396. The van der Waals surface area contributed by atoms with Crippen molar-refractivity contribution in [3.8, 4) is 18.2 Å². The summed E-state index contributed by atoms with van der Waals surface area (Å²) in [6, 6.07) is 24.9. The molecule has 1 N–H and O–H groups in total. The van der Waals surface area contributed by atoms with Crippen molar-refractivity contribution >= 4 is 5.90 Å². The predicted octanol–water partition coefficient (Wildman–Crippen LogP) is 4.23. The number of hydrogen-bond acceptors (Lipinski definition) is 6. The molecule has 0 aliphatic carbocycles. The highest BCUT2D eigenvalue weighted by atomic mass is 16.7. The quantitative estimate of drug-likeness (QED) is 0.834. The van der Waals surface area contributed by atoms with E-state index in [0.29, 0.717) is 5.56 Å². The molecule has 4 rings (SSSR count). The maximum Gasteiger partial charge on any atom is 0.243 e. The fourth-order valence-electron chi connectivity index (χ4n) is 4.97. The molecule has 0 aromatic heterocycles. The lowest BCUT2D eigenvalue weighted by Crippen LogP contribution is -2.62. The van der Waals surface area contributed by atoms with Gasteiger partial charge in [-0.1, -0.05) is 74.5 Å². The molecule has 6 heteroatoms. The molecule has 2 aliphatic rings. The Balaban J connectivity index is 2.00. The minimum atomic E-state index is -1.91. The van der Waals surface area contributed by atoms with Gasteiger partial charge in [-0.05, 0) is 5.56 Å². The molecule has 0 amide bonds. The van der Waals surface area contributed by atoms with Crippen molar-refractivity contribution in [3.05, 3.63) is 71.8 Å². The van der Waals surface area contributed by atoms with Gasteiger partial charge >= 0.3 is 0 Å². The van der Waals surface area contributed by atoms with Gasteiger partial charge in [-0.25, -0.2) is 0 Å². The lowest BCUT2D eigenvalue weighted by molar-refractivity contribution is -0.289. The number of fused-ring (bicyclic) bond motifs is 2. The first kappa shape index (κ1) is 19.6. The highest BCUT2D eigenvalue weighted by molar-refractivity contribution is 5.89. The van der Waals surface area contributed by atoms with Gasteiger partial charge in [0.1, 0.15) is 6.10 Å². The van der Waals surface area contributed by atoms with Crippen molar-refractivity contribution in [2.45, 2.75) is 31.7 Å². The van der Waals surface area contributed by atoms with Crippen LogP contribution in [-0.2, 0) is 15.3 Å². The van der Waals surface area contributed by atoms with Crippen molar-refractivity contribution in [3.63, 3.8) is 0 Å². The number of rotatable bonds is 3. The molecule has 2 aromatic carbocycles. The van der Waals surface area contributed by atoms with Crippen molar-refractivity contribution < 1.29 is 9.47 Å². The first-order chi connectivity index (χ1) is 14.4. The van der Waals surface area contributed by atoms with Gasteiger partial charge in [-0.2, -0.15) is 15.8 Å². The van der Waals surface area contributed by atoms with Crippen LogP contribution in [0, 0.1) is 56.2 Å². The van der Waals surface area contributed by atoms with E-state index in [1.165, 1.54) is 0 Å². The summed E-state index contributed by atoms with van der Waals surface area (Å²) in [5.41, 5.74) is -2.16. The molecule has 2 saturated heterocycles. The minimum Gasteiger partial charge on any atom is -0.443 e. The molecule has 2 aromatic rings. The summed E-state index contributed by atoms with van der Waals surface area (Å²) >= 11 is 0. The third-order valence-corrected chi connectivity index (χ3v) is 6.67. The summed E-state index contributed by atoms with van der Waals surface area (Å²) in [5, 5.41) is 39.4. The largest absolute Gasteiger partial charge is 0.443 e. The second-order valence-corrected chi connectivity index (χ2v) is 7.88. The standard InChI is InChI=1S/C24H20N4O2/c1-16(18-9-5-3-6-10-18)20-22(13-25,14-26)23(15-27)17(2)24(29-20,30-21(23)28)19-11-7-4-8-12-19/h3-12,16-17,20,28H,1-2H3.